The molecule has 3 rings (SSSR count). The van der Waals surface area contributed by atoms with E-state index in [0.717, 1.165) is 11.1 Å². The van der Waals surface area contributed by atoms with Gasteiger partial charge in [0.15, 0.2) is 0 Å². The molecule has 1 atom stereocenters. The number of urea groups is 2. The molecule has 0 radical (unpaired) electrons. The van der Waals surface area contributed by atoms with Gasteiger partial charge in [0.25, 0.3) is 0 Å². The lowest BCUT2D eigenvalue weighted by Crippen LogP contribution is -2.55. The van der Waals surface area contributed by atoms with Crippen LogP contribution >= 0.6 is 0 Å². The third-order valence-electron chi connectivity index (χ3n) is 6.19. The Hall–Kier alpha value is -3.07. The minimum atomic E-state index is -0.580. The molecule has 0 saturated carbocycles. The van der Waals surface area contributed by atoms with Crippen LogP contribution in [0, 0.1) is 6.92 Å². The van der Waals surface area contributed by atoms with Crippen LogP contribution in [0.3, 0.4) is 0 Å². The molecule has 1 saturated heterocycles. The molecule has 1 fully saturated rings. The largest absolute Gasteiger partial charge is 0.463 e. The van der Waals surface area contributed by atoms with E-state index in [4.69, 9.17) is 4.74 Å². The van der Waals surface area contributed by atoms with Gasteiger partial charge >= 0.3 is 18.0 Å². The average molecular weight is 472 g/mol. The van der Waals surface area contributed by atoms with E-state index in [1.165, 1.54) is 0 Å². The van der Waals surface area contributed by atoms with Crippen molar-refractivity contribution in [2.45, 2.75) is 46.7 Å². The van der Waals surface area contributed by atoms with Gasteiger partial charge in [-0.3, -0.25) is 9.80 Å². The highest BCUT2D eigenvalue weighted by Gasteiger charge is 2.39. The summed E-state index contributed by atoms with van der Waals surface area (Å²) in [4.78, 5) is 44.3. The maximum absolute atomic E-state index is 13.2. The third kappa shape index (κ3) is 5.70. The van der Waals surface area contributed by atoms with Gasteiger partial charge in [-0.25, -0.2) is 14.4 Å². The number of amides is 4. The SMILES string of the molecule is CCOC(=O)C1=C(CN2CCN(C(=O)NC(C)C)CC2)N(CC)C(=O)N[C@H]1c1ccccc1C. The van der Waals surface area contributed by atoms with E-state index in [-0.39, 0.29) is 24.7 Å². The molecule has 4 amide bonds. The molecule has 1 aromatic rings. The van der Waals surface area contributed by atoms with Gasteiger partial charge in [-0.05, 0) is 45.7 Å². The summed E-state index contributed by atoms with van der Waals surface area (Å²) in [7, 11) is 0. The molecule has 186 valence electrons. The van der Waals surface area contributed by atoms with Gasteiger partial charge in [-0.15, -0.1) is 0 Å². The topological polar surface area (TPSA) is 94.2 Å². The Balaban J connectivity index is 1.92. The lowest BCUT2D eigenvalue weighted by Gasteiger charge is -2.40. The highest BCUT2D eigenvalue weighted by molar-refractivity contribution is 5.95. The number of hydrogen-bond donors (Lipinski definition) is 2. The molecule has 2 aliphatic rings. The summed E-state index contributed by atoms with van der Waals surface area (Å²) in [6.45, 7) is 13.1. The number of benzene rings is 1. The molecule has 0 aromatic heterocycles. The number of carbonyl (C=O) groups excluding carboxylic acids is 3. The van der Waals surface area contributed by atoms with Gasteiger partial charge in [-0.2, -0.15) is 0 Å². The van der Waals surface area contributed by atoms with Crippen molar-refractivity contribution >= 4 is 18.0 Å². The summed E-state index contributed by atoms with van der Waals surface area (Å²) in [6, 6.07) is 6.96. The monoisotopic (exact) mass is 471 g/mol. The molecule has 9 heteroatoms. The predicted octanol–water partition coefficient (Wildman–Crippen LogP) is 2.63. The molecule has 9 nitrogen and oxygen atoms in total. The van der Waals surface area contributed by atoms with Gasteiger partial charge < -0.3 is 20.3 Å². The van der Waals surface area contributed by atoms with Crippen molar-refractivity contribution in [1.29, 1.82) is 0 Å². The van der Waals surface area contributed by atoms with Crippen LogP contribution in [0.15, 0.2) is 35.5 Å². The molecule has 34 heavy (non-hydrogen) atoms. The quantitative estimate of drug-likeness (QED) is 0.597. The van der Waals surface area contributed by atoms with Crippen molar-refractivity contribution in [3.8, 4) is 0 Å². The second kappa shape index (κ2) is 11.4. The second-order valence-corrected chi connectivity index (χ2v) is 8.93. The van der Waals surface area contributed by atoms with Gasteiger partial charge in [0.05, 0.1) is 18.2 Å². The predicted molar refractivity (Wildman–Crippen MR) is 130 cm³/mol. The van der Waals surface area contributed by atoms with E-state index in [0.29, 0.717) is 50.5 Å². The highest BCUT2D eigenvalue weighted by Crippen LogP contribution is 2.33. The zero-order chi connectivity index (χ0) is 24.8. The van der Waals surface area contributed by atoms with Crippen molar-refractivity contribution < 1.29 is 19.1 Å². The van der Waals surface area contributed by atoms with Crippen molar-refractivity contribution in [2.75, 3.05) is 45.9 Å². The minimum absolute atomic E-state index is 0.0621. The first-order valence-corrected chi connectivity index (χ1v) is 12.1. The number of carbonyl (C=O) groups is 3. The van der Waals surface area contributed by atoms with E-state index >= 15 is 0 Å². The van der Waals surface area contributed by atoms with Gasteiger partial charge in [0.2, 0.25) is 0 Å². The van der Waals surface area contributed by atoms with E-state index in [2.05, 4.69) is 15.5 Å². The maximum Gasteiger partial charge on any atom is 0.338 e. The second-order valence-electron chi connectivity index (χ2n) is 8.93. The fourth-order valence-electron chi connectivity index (χ4n) is 4.46. The highest BCUT2D eigenvalue weighted by atomic mass is 16.5. The number of ether oxygens (including phenoxy) is 1. The number of piperazine rings is 1. The molecule has 2 aliphatic heterocycles. The first kappa shape index (κ1) is 25.6. The molecule has 0 aliphatic carbocycles. The third-order valence-corrected chi connectivity index (χ3v) is 6.19. The Morgan fingerprint density at radius 3 is 2.41 bits per heavy atom. The molecule has 0 spiro atoms. The minimum Gasteiger partial charge on any atom is -0.463 e. The molecule has 0 unspecified atom stereocenters. The van der Waals surface area contributed by atoms with Gasteiger partial charge in [0, 0.05) is 51.0 Å². The first-order valence-electron chi connectivity index (χ1n) is 12.1. The smallest absolute Gasteiger partial charge is 0.338 e. The molecular formula is C25H37N5O4. The maximum atomic E-state index is 13.2. The number of nitrogens with zero attached hydrogens (tertiary/aromatic N) is 3. The fraction of sp³-hybridized carbons (Fsp3) is 0.560. The first-order chi connectivity index (χ1) is 16.3. The molecule has 1 aromatic carbocycles. The molecule has 2 N–H and O–H groups in total. The number of aryl methyl sites for hydroxylation is 1. The van der Waals surface area contributed by atoms with Gasteiger partial charge in [-0.1, -0.05) is 24.3 Å². The Morgan fingerprint density at radius 1 is 1.15 bits per heavy atom. The van der Waals surface area contributed by atoms with Crippen LogP contribution in [0.4, 0.5) is 9.59 Å². The average Bonchev–Trinajstić information content (AvgIpc) is 2.79. The summed E-state index contributed by atoms with van der Waals surface area (Å²) in [5.74, 6) is -0.417. The Bertz CT molecular complexity index is 937. The molecule has 0 bridgehead atoms. The Morgan fingerprint density at radius 2 is 1.82 bits per heavy atom. The van der Waals surface area contributed by atoms with Crippen LogP contribution in [0.2, 0.25) is 0 Å². The molecular weight excluding hydrogens is 434 g/mol. The normalized spacial score (nSPS) is 19.4. The Labute approximate surface area is 202 Å². The van der Waals surface area contributed by atoms with Crippen molar-refractivity contribution in [2.24, 2.45) is 0 Å². The summed E-state index contributed by atoms with van der Waals surface area (Å²) < 4.78 is 5.45. The van der Waals surface area contributed by atoms with Crippen LogP contribution in [0.25, 0.3) is 0 Å². The number of nitrogens with one attached hydrogen (secondary N) is 2. The van der Waals surface area contributed by atoms with Crippen molar-refractivity contribution in [3.63, 3.8) is 0 Å². The zero-order valence-electron chi connectivity index (χ0n) is 20.9. The number of hydrogen-bond acceptors (Lipinski definition) is 5. The lowest BCUT2D eigenvalue weighted by atomic mass is 9.91. The van der Waals surface area contributed by atoms with Crippen LogP contribution in [0.5, 0.6) is 0 Å². The number of esters is 1. The summed E-state index contributed by atoms with van der Waals surface area (Å²) in [6.07, 6.45) is 0. The van der Waals surface area contributed by atoms with Crippen LogP contribution < -0.4 is 10.6 Å². The van der Waals surface area contributed by atoms with E-state index in [1.807, 2.05) is 52.0 Å². The van der Waals surface area contributed by atoms with Crippen LogP contribution in [-0.4, -0.2) is 84.6 Å². The van der Waals surface area contributed by atoms with Crippen LogP contribution in [0.1, 0.15) is 44.9 Å². The fourth-order valence-corrected chi connectivity index (χ4v) is 4.46. The standard InChI is InChI=1S/C25H37N5O4/c1-6-30-20(16-28-12-14-29(15-13-28)24(32)26-17(3)4)21(23(31)34-7-2)22(27-25(30)33)19-11-9-8-10-18(19)5/h8-11,17,22H,6-7,12-16H2,1-5H3,(H,26,32)(H,27,33)/t22-/m0/s1. The van der Waals surface area contributed by atoms with E-state index in [9.17, 15) is 14.4 Å². The van der Waals surface area contributed by atoms with Gasteiger partial charge in [0.1, 0.15) is 0 Å². The summed E-state index contributed by atoms with van der Waals surface area (Å²) in [5.41, 5.74) is 3.00. The zero-order valence-corrected chi connectivity index (χ0v) is 20.9. The number of rotatable bonds is 7. The van der Waals surface area contributed by atoms with Crippen molar-refractivity contribution in [3.05, 3.63) is 46.7 Å². The van der Waals surface area contributed by atoms with Crippen molar-refractivity contribution in [1.82, 2.24) is 25.3 Å². The number of likely N-dealkylation sites (N-methyl/N-ethyl adjacent to an activating group) is 1. The summed E-state index contributed by atoms with van der Waals surface area (Å²) >= 11 is 0. The summed E-state index contributed by atoms with van der Waals surface area (Å²) in [5, 5.41) is 5.95. The van der Waals surface area contributed by atoms with E-state index < -0.39 is 12.0 Å². The van der Waals surface area contributed by atoms with Crippen LogP contribution in [-0.2, 0) is 9.53 Å². The van der Waals surface area contributed by atoms with E-state index in [1.54, 1.807) is 16.7 Å². The molecule has 2 heterocycles. The Kier molecular flexibility index (Phi) is 8.55. The lowest BCUT2D eigenvalue weighted by molar-refractivity contribution is -0.139.